The molecule has 7 heteroatoms. The van der Waals surface area contributed by atoms with Crippen molar-refractivity contribution in [1.82, 2.24) is 0 Å². The summed E-state index contributed by atoms with van der Waals surface area (Å²) >= 11 is 5.65. The summed E-state index contributed by atoms with van der Waals surface area (Å²) in [6.45, 7) is -0.197. The van der Waals surface area contributed by atoms with Gasteiger partial charge in [0.1, 0.15) is 11.6 Å². The molecular formula is C17H14ClFN2O3. The van der Waals surface area contributed by atoms with Gasteiger partial charge in [0.05, 0.1) is 5.02 Å². The third-order valence-corrected chi connectivity index (χ3v) is 3.17. The van der Waals surface area contributed by atoms with Crippen molar-refractivity contribution in [3.8, 4) is 5.75 Å². The van der Waals surface area contributed by atoms with Gasteiger partial charge in [0.2, 0.25) is 5.91 Å². The summed E-state index contributed by atoms with van der Waals surface area (Å²) in [4.78, 5) is 22.4. The first kappa shape index (κ1) is 17.5. The lowest BCUT2D eigenvalue weighted by Crippen LogP contribution is -2.19. The molecule has 2 rings (SSSR count). The summed E-state index contributed by atoms with van der Waals surface area (Å²) in [5, 5.41) is 2.51. The number of amides is 2. The van der Waals surface area contributed by atoms with Crippen molar-refractivity contribution in [3.05, 3.63) is 64.9 Å². The first-order valence-corrected chi connectivity index (χ1v) is 7.27. The first-order chi connectivity index (χ1) is 11.4. The first-order valence-electron chi connectivity index (χ1n) is 6.89. The highest BCUT2D eigenvalue weighted by atomic mass is 35.5. The van der Waals surface area contributed by atoms with Gasteiger partial charge in [0.15, 0.2) is 6.61 Å². The van der Waals surface area contributed by atoms with Gasteiger partial charge in [-0.2, -0.15) is 0 Å². The second kappa shape index (κ2) is 8.12. The molecule has 0 aliphatic rings. The van der Waals surface area contributed by atoms with Crippen molar-refractivity contribution >= 4 is 35.2 Å². The summed E-state index contributed by atoms with van der Waals surface area (Å²) in [5.74, 6) is -0.997. The van der Waals surface area contributed by atoms with Crippen LogP contribution in [0.3, 0.4) is 0 Å². The van der Waals surface area contributed by atoms with Crippen molar-refractivity contribution in [2.75, 3.05) is 11.9 Å². The van der Waals surface area contributed by atoms with Crippen molar-refractivity contribution in [1.29, 1.82) is 0 Å². The highest BCUT2D eigenvalue weighted by Crippen LogP contribution is 2.19. The van der Waals surface area contributed by atoms with E-state index in [1.807, 2.05) is 0 Å². The zero-order valence-electron chi connectivity index (χ0n) is 12.5. The number of ether oxygens (including phenoxy) is 1. The van der Waals surface area contributed by atoms with E-state index in [-0.39, 0.29) is 17.5 Å². The fraction of sp³-hybridized carbons (Fsp3) is 0.0588. The molecule has 0 saturated heterocycles. The summed E-state index contributed by atoms with van der Waals surface area (Å²) in [7, 11) is 0. The van der Waals surface area contributed by atoms with Crippen LogP contribution in [0, 0.1) is 5.82 Å². The number of carbonyl (C=O) groups excluding carboxylic acids is 2. The topological polar surface area (TPSA) is 81.4 Å². The Balaban J connectivity index is 1.93. The van der Waals surface area contributed by atoms with E-state index in [0.717, 1.165) is 5.56 Å². The van der Waals surface area contributed by atoms with E-state index >= 15 is 0 Å². The average Bonchev–Trinajstić information content (AvgIpc) is 2.55. The van der Waals surface area contributed by atoms with Crippen LogP contribution < -0.4 is 15.8 Å². The molecule has 0 aliphatic carbocycles. The lowest BCUT2D eigenvalue weighted by molar-refractivity contribution is -0.120. The average molecular weight is 349 g/mol. The smallest absolute Gasteiger partial charge is 0.255 e. The minimum atomic E-state index is -0.559. The van der Waals surface area contributed by atoms with Gasteiger partial charge in [-0.15, -0.1) is 0 Å². The number of rotatable bonds is 6. The number of primary amides is 1. The summed E-state index contributed by atoms with van der Waals surface area (Å²) in [6, 6.07) is 10.7. The van der Waals surface area contributed by atoms with Crippen molar-refractivity contribution in [3.63, 3.8) is 0 Å². The largest absolute Gasteiger partial charge is 0.484 e. The molecule has 3 N–H and O–H groups in total. The van der Waals surface area contributed by atoms with Crippen molar-refractivity contribution in [2.24, 2.45) is 5.73 Å². The van der Waals surface area contributed by atoms with Gasteiger partial charge >= 0.3 is 0 Å². The van der Waals surface area contributed by atoms with Crippen LogP contribution >= 0.6 is 11.6 Å². The van der Waals surface area contributed by atoms with Gasteiger partial charge in [-0.25, -0.2) is 4.39 Å². The quantitative estimate of drug-likeness (QED) is 0.787. The van der Waals surface area contributed by atoms with Crippen LogP contribution in [-0.2, 0) is 9.59 Å². The molecule has 124 valence electrons. The SMILES string of the molecule is NC(=O)COc1ccc(C=CC(=O)Nc2ccc(F)c(Cl)c2)cc1. The van der Waals surface area contributed by atoms with Gasteiger partial charge in [0, 0.05) is 11.8 Å². The lowest BCUT2D eigenvalue weighted by Gasteiger charge is -2.04. The molecule has 0 saturated carbocycles. The Morgan fingerprint density at radius 3 is 2.54 bits per heavy atom. The van der Waals surface area contributed by atoms with Crippen LogP contribution in [0.5, 0.6) is 5.75 Å². The minimum absolute atomic E-state index is 0.0664. The maximum Gasteiger partial charge on any atom is 0.255 e. The highest BCUT2D eigenvalue weighted by Gasteiger charge is 2.03. The van der Waals surface area contributed by atoms with Crippen molar-refractivity contribution < 1.29 is 18.7 Å². The number of halogens is 2. The third-order valence-electron chi connectivity index (χ3n) is 2.88. The zero-order chi connectivity index (χ0) is 17.5. The molecular weight excluding hydrogens is 335 g/mol. The molecule has 2 amide bonds. The fourth-order valence-corrected chi connectivity index (χ4v) is 1.94. The van der Waals surface area contributed by atoms with Gasteiger partial charge in [-0.05, 0) is 42.0 Å². The number of hydrogen-bond donors (Lipinski definition) is 2. The van der Waals surface area contributed by atoms with E-state index in [2.05, 4.69) is 5.32 Å². The van der Waals surface area contributed by atoms with E-state index < -0.39 is 11.7 Å². The van der Waals surface area contributed by atoms with E-state index in [1.165, 1.54) is 24.3 Å². The maximum atomic E-state index is 13.0. The number of hydrogen-bond acceptors (Lipinski definition) is 3. The number of carbonyl (C=O) groups is 2. The Kier molecular flexibility index (Phi) is 5.92. The molecule has 0 aliphatic heterocycles. The molecule has 2 aromatic carbocycles. The zero-order valence-corrected chi connectivity index (χ0v) is 13.2. The van der Waals surface area contributed by atoms with Crippen LogP contribution in [0.25, 0.3) is 6.08 Å². The minimum Gasteiger partial charge on any atom is -0.484 e. The summed E-state index contributed by atoms with van der Waals surface area (Å²) in [5.41, 5.74) is 6.14. The second-order valence-corrected chi connectivity index (χ2v) is 5.18. The van der Waals surface area contributed by atoms with Gasteiger partial charge in [-0.3, -0.25) is 9.59 Å². The molecule has 2 aromatic rings. The lowest BCUT2D eigenvalue weighted by atomic mass is 10.2. The summed E-state index contributed by atoms with van der Waals surface area (Å²) < 4.78 is 18.2. The Hall–Kier alpha value is -2.86. The molecule has 0 unspecified atom stereocenters. The monoisotopic (exact) mass is 348 g/mol. The number of anilines is 1. The van der Waals surface area contributed by atoms with Crippen LogP contribution in [0.2, 0.25) is 5.02 Å². The predicted octanol–water partition coefficient (Wildman–Crippen LogP) is 3.00. The molecule has 0 spiro atoms. The number of nitrogens with one attached hydrogen (secondary N) is 1. The van der Waals surface area contributed by atoms with E-state index in [9.17, 15) is 14.0 Å². The van der Waals surface area contributed by atoms with E-state index in [4.69, 9.17) is 22.1 Å². The van der Waals surface area contributed by atoms with Crippen LogP contribution in [0.15, 0.2) is 48.5 Å². The van der Waals surface area contributed by atoms with E-state index in [0.29, 0.717) is 11.4 Å². The number of nitrogens with two attached hydrogens (primary N) is 1. The molecule has 0 bridgehead atoms. The van der Waals surface area contributed by atoms with Gasteiger partial charge in [-0.1, -0.05) is 23.7 Å². The normalized spacial score (nSPS) is 10.6. The molecule has 0 heterocycles. The van der Waals surface area contributed by atoms with E-state index in [1.54, 1.807) is 30.3 Å². The molecule has 5 nitrogen and oxygen atoms in total. The molecule has 0 aromatic heterocycles. The Labute approximate surface area is 142 Å². The Morgan fingerprint density at radius 2 is 1.92 bits per heavy atom. The fourth-order valence-electron chi connectivity index (χ4n) is 1.76. The molecule has 0 fully saturated rings. The second-order valence-electron chi connectivity index (χ2n) is 4.78. The molecule has 24 heavy (non-hydrogen) atoms. The Morgan fingerprint density at radius 1 is 1.21 bits per heavy atom. The highest BCUT2D eigenvalue weighted by molar-refractivity contribution is 6.31. The standard InChI is InChI=1S/C17H14ClFN2O3/c18-14-9-12(4-7-15(14)19)21-17(23)8-3-11-1-5-13(6-2-11)24-10-16(20)22/h1-9H,10H2,(H2,20,22)(H,21,23). The molecule has 0 radical (unpaired) electrons. The third kappa shape index (κ3) is 5.40. The van der Waals surface area contributed by atoms with Gasteiger partial charge < -0.3 is 15.8 Å². The van der Waals surface area contributed by atoms with Crippen LogP contribution in [0.1, 0.15) is 5.56 Å². The predicted molar refractivity (Wildman–Crippen MR) is 90.2 cm³/mol. The van der Waals surface area contributed by atoms with Crippen LogP contribution in [-0.4, -0.2) is 18.4 Å². The summed E-state index contributed by atoms with van der Waals surface area (Å²) in [6.07, 6.45) is 2.93. The van der Waals surface area contributed by atoms with Gasteiger partial charge in [0.25, 0.3) is 5.91 Å². The van der Waals surface area contributed by atoms with Crippen molar-refractivity contribution in [2.45, 2.75) is 0 Å². The maximum absolute atomic E-state index is 13.0. The number of benzene rings is 2. The van der Waals surface area contributed by atoms with Crippen LogP contribution in [0.4, 0.5) is 10.1 Å². The Bertz CT molecular complexity index is 776. The molecule has 0 atom stereocenters.